The Kier molecular flexibility index (Phi) is 5.43. The zero-order chi connectivity index (χ0) is 17.8. The molecule has 0 aliphatic heterocycles. The lowest BCUT2D eigenvalue weighted by Crippen LogP contribution is -2.26. The fourth-order valence-corrected chi connectivity index (χ4v) is 3.98. The van der Waals surface area contributed by atoms with E-state index in [1.54, 1.807) is 4.57 Å². The third kappa shape index (κ3) is 4.42. The van der Waals surface area contributed by atoms with Gasteiger partial charge in [0.1, 0.15) is 0 Å². The number of aromatic hydroxyl groups is 1. The minimum atomic E-state index is -0.305. The van der Waals surface area contributed by atoms with Crippen LogP contribution < -0.4 is 10.9 Å². The summed E-state index contributed by atoms with van der Waals surface area (Å²) in [6.45, 7) is 1.96. The van der Waals surface area contributed by atoms with Gasteiger partial charge in [-0.3, -0.25) is 14.2 Å². The summed E-state index contributed by atoms with van der Waals surface area (Å²) in [5.41, 5.74) is 1.54. The molecule has 0 radical (unpaired) electrons. The van der Waals surface area contributed by atoms with E-state index >= 15 is 0 Å². The normalized spacial score (nSPS) is 14.6. The van der Waals surface area contributed by atoms with Gasteiger partial charge in [0.2, 0.25) is 11.8 Å². The molecule has 1 fully saturated rings. The number of benzene rings is 1. The van der Waals surface area contributed by atoms with Crippen LogP contribution >= 0.6 is 11.8 Å². The molecule has 7 heteroatoms. The maximum atomic E-state index is 12.3. The summed E-state index contributed by atoms with van der Waals surface area (Å²) in [6.07, 6.45) is 4.01. The van der Waals surface area contributed by atoms with Crippen LogP contribution in [0, 0.1) is 6.92 Å². The molecule has 0 unspecified atom stereocenters. The third-order valence-electron chi connectivity index (χ3n) is 4.23. The highest BCUT2D eigenvalue weighted by Crippen LogP contribution is 2.31. The van der Waals surface area contributed by atoms with Crippen molar-refractivity contribution >= 4 is 23.4 Å². The molecule has 0 saturated heterocycles. The molecule has 1 saturated carbocycles. The van der Waals surface area contributed by atoms with Gasteiger partial charge in [0, 0.05) is 11.7 Å². The average molecular weight is 359 g/mol. The van der Waals surface area contributed by atoms with Gasteiger partial charge < -0.3 is 10.4 Å². The van der Waals surface area contributed by atoms with E-state index in [0.717, 1.165) is 43.0 Å². The molecule has 3 rings (SSSR count). The van der Waals surface area contributed by atoms with E-state index in [4.69, 9.17) is 0 Å². The number of hydrogen-bond donors (Lipinski definition) is 2. The van der Waals surface area contributed by atoms with Crippen LogP contribution in [0.1, 0.15) is 37.3 Å². The average Bonchev–Trinajstić information content (AvgIpc) is 3.06. The Bertz CT molecular complexity index is 829. The molecule has 25 heavy (non-hydrogen) atoms. The molecule has 1 amide bonds. The van der Waals surface area contributed by atoms with Gasteiger partial charge >= 0.3 is 0 Å². The van der Waals surface area contributed by atoms with Crippen LogP contribution in [0.2, 0.25) is 0 Å². The lowest BCUT2D eigenvalue weighted by molar-refractivity contribution is -0.113. The topological polar surface area (TPSA) is 84.2 Å². The molecule has 2 N–H and O–H groups in total. The Morgan fingerprint density at radius 2 is 2.12 bits per heavy atom. The van der Waals surface area contributed by atoms with Crippen LogP contribution in [-0.4, -0.2) is 26.3 Å². The molecule has 1 aliphatic rings. The highest BCUT2D eigenvalue weighted by molar-refractivity contribution is 7.99. The Hall–Kier alpha value is -2.28. The first-order chi connectivity index (χ1) is 12.0. The van der Waals surface area contributed by atoms with Crippen LogP contribution in [0.25, 0.3) is 0 Å². The highest BCUT2D eigenvalue weighted by atomic mass is 32.2. The van der Waals surface area contributed by atoms with E-state index in [-0.39, 0.29) is 29.1 Å². The van der Waals surface area contributed by atoms with Crippen molar-refractivity contribution in [2.24, 2.45) is 0 Å². The number of carbonyl (C=O) groups is 1. The number of amides is 1. The molecule has 0 atom stereocenters. The summed E-state index contributed by atoms with van der Waals surface area (Å²) in [7, 11) is 0. The number of carbonyl (C=O) groups excluding carboxylic acids is 1. The third-order valence-corrected chi connectivity index (χ3v) is 5.18. The van der Waals surface area contributed by atoms with Crippen LogP contribution in [0.4, 0.5) is 5.69 Å². The molecule has 1 aromatic carbocycles. The van der Waals surface area contributed by atoms with Crippen molar-refractivity contribution in [1.29, 1.82) is 0 Å². The minimum absolute atomic E-state index is 0.0999. The second-order valence-corrected chi connectivity index (χ2v) is 7.19. The van der Waals surface area contributed by atoms with Crippen LogP contribution in [0.15, 0.2) is 40.3 Å². The molecular weight excluding hydrogens is 338 g/mol. The standard InChI is InChI=1S/C18H21N3O3S/c1-12-5-4-6-13(9-12)19-16(23)11-25-18-20-15(22)10-17(24)21(18)14-7-2-3-8-14/h4-6,9-10,14,22H,2-3,7-8,11H2,1H3,(H,19,23). The Labute approximate surface area is 150 Å². The van der Waals surface area contributed by atoms with Crippen LogP contribution in [0.3, 0.4) is 0 Å². The number of hydrogen-bond acceptors (Lipinski definition) is 5. The SMILES string of the molecule is Cc1cccc(NC(=O)CSc2nc(O)cc(=O)n2C2CCCC2)c1. The largest absolute Gasteiger partial charge is 0.493 e. The van der Waals surface area contributed by atoms with Gasteiger partial charge in [0.05, 0.1) is 11.8 Å². The van der Waals surface area contributed by atoms with E-state index in [1.807, 2.05) is 31.2 Å². The Morgan fingerprint density at radius 3 is 2.84 bits per heavy atom. The van der Waals surface area contributed by atoms with Crippen LogP contribution in [-0.2, 0) is 4.79 Å². The molecule has 0 spiro atoms. The van der Waals surface area contributed by atoms with E-state index in [9.17, 15) is 14.7 Å². The fraction of sp³-hybridized carbons (Fsp3) is 0.389. The number of nitrogens with one attached hydrogen (secondary N) is 1. The lowest BCUT2D eigenvalue weighted by Gasteiger charge is -2.17. The van der Waals surface area contributed by atoms with E-state index in [1.165, 1.54) is 11.8 Å². The van der Waals surface area contributed by atoms with Crippen molar-refractivity contribution in [3.8, 4) is 5.88 Å². The first-order valence-electron chi connectivity index (χ1n) is 8.35. The first-order valence-corrected chi connectivity index (χ1v) is 9.33. The molecule has 6 nitrogen and oxygen atoms in total. The van der Waals surface area contributed by atoms with Crippen LogP contribution in [0.5, 0.6) is 5.88 Å². The molecule has 0 bridgehead atoms. The van der Waals surface area contributed by atoms with Crippen molar-refractivity contribution in [3.05, 3.63) is 46.2 Å². The predicted octanol–water partition coefficient (Wildman–Crippen LogP) is 3.10. The minimum Gasteiger partial charge on any atom is -0.493 e. The van der Waals surface area contributed by atoms with Gasteiger partial charge in [-0.15, -0.1) is 0 Å². The smallest absolute Gasteiger partial charge is 0.258 e. The number of aromatic nitrogens is 2. The maximum Gasteiger partial charge on any atom is 0.258 e. The quantitative estimate of drug-likeness (QED) is 0.633. The van der Waals surface area contributed by atoms with Crippen molar-refractivity contribution in [2.45, 2.75) is 43.8 Å². The highest BCUT2D eigenvalue weighted by Gasteiger charge is 2.22. The number of thioether (sulfide) groups is 1. The van der Waals surface area contributed by atoms with Crippen molar-refractivity contribution < 1.29 is 9.90 Å². The molecule has 1 aromatic heterocycles. The van der Waals surface area contributed by atoms with Gasteiger partial charge in [-0.25, -0.2) is 0 Å². The van der Waals surface area contributed by atoms with E-state index in [2.05, 4.69) is 10.3 Å². The van der Waals surface area contributed by atoms with E-state index in [0.29, 0.717) is 5.16 Å². The zero-order valence-corrected chi connectivity index (χ0v) is 14.9. The summed E-state index contributed by atoms with van der Waals surface area (Å²) in [5.74, 6) is -0.358. The van der Waals surface area contributed by atoms with Gasteiger partial charge in [0.15, 0.2) is 5.16 Å². The number of anilines is 1. The summed E-state index contributed by atoms with van der Waals surface area (Å²) >= 11 is 1.17. The van der Waals surface area contributed by atoms with Gasteiger partial charge in [-0.2, -0.15) is 4.98 Å². The van der Waals surface area contributed by atoms with Crippen molar-refractivity contribution in [1.82, 2.24) is 9.55 Å². The Morgan fingerprint density at radius 1 is 1.36 bits per heavy atom. The maximum absolute atomic E-state index is 12.3. The predicted molar refractivity (Wildman–Crippen MR) is 98.2 cm³/mol. The summed E-state index contributed by atoms with van der Waals surface area (Å²) in [5, 5.41) is 12.9. The second-order valence-electron chi connectivity index (χ2n) is 6.25. The molecule has 132 valence electrons. The van der Waals surface area contributed by atoms with Gasteiger partial charge in [0.25, 0.3) is 5.56 Å². The molecular formula is C18H21N3O3S. The number of nitrogens with zero attached hydrogens (tertiary/aromatic N) is 2. The monoisotopic (exact) mass is 359 g/mol. The van der Waals surface area contributed by atoms with Crippen molar-refractivity contribution in [2.75, 3.05) is 11.1 Å². The zero-order valence-electron chi connectivity index (χ0n) is 14.1. The molecule has 2 aromatic rings. The molecule has 1 heterocycles. The summed E-state index contributed by atoms with van der Waals surface area (Å²) < 4.78 is 1.62. The second kappa shape index (κ2) is 7.74. The summed E-state index contributed by atoms with van der Waals surface area (Å²) in [4.78, 5) is 28.5. The summed E-state index contributed by atoms with van der Waals surface area (Å²) in [6, 6.07) is 8.80. The van der Waals surface area contributed by atoms with Gasteiger partial charge in [-0.05, 0) is 37.5 Å². The Balaban J connectivity index is 1.72. The van der Waals surface area contributed by atoms with E-state index < -0.39 is 0 Å². The first kappa shape index (κ1) is 17.5. The fourth-order valence-electron chi connectivity index (χ4n) is 3.11. The lowest BCUT2D eigenvalue weighted by atomic mass is 10.2. The number of rotatable bonds is 5. The number of aryl methyl sites for hydroxylation is 1. The van der Waals surface area contributed by atoms with Gasteiger partial charge in [-0.1, -0.05) is 36.7 Å². The van der Waals surface area contributed by atoms with Crippen molar-refractivity contribution in [3.63, 3.8) is 0 Å². The molecule has 1 aliphatic carbocycles.